The molecule has 0 aliphatic carbocycles. The van der Waals surface area contributed by atoms with Crippen molar-refractivity contribution >= 4 is 23.1 Å². The highest BCUT2D eigenvalue weighted by molar-refractivity contribution is 7.09. The van der Waals surface area contributed by atoms with Crippen molar-refractivity contribution < 1.29 is 4.79 Å². The number of aromatic nitrogens is 2. The van der Waals surface area contributed by atoms with Crippen LogP contribution < -0.4 is 11.1 Å². The molecule has 0 saturated carbocycles. The molecule has 1 atom stereocenters. The molecule has 2 aromatic rings. The Bertz CT molecular complexity index is 509. The maximum atomic E-state index is 11.8. The molecule has 2 heterocycles. The van der Waals surface area contributed by atoms with Gasteiger partial charge >= 0.3 is 0 Å². The third-order valence-corrected chi connectivity index (χ3v) is 3.27. The Labute approximate surface area is 109 Å². The molecule has 2 rings (SSSR count). The van der Waals surface area contributed by atoms with Crippen LogP contribution in [0.3, 0.4) is 0 Å². The molecule has 18 heavy (non-hydrogen) atoms. The monoisotopic (exact) mass is 262 g/mol. The van der Waals surface area contributed by atoms with Gasteiger partial charge in [-0.15, -0.1) is 11.3 Å². The molecule has 1 amide bonds. The Morgan fingerprint density at radius 3 is 2.94 bits per heavy atom. The molecule has 5 nitrogen and oxygen atoms in total. The maximum Gasteiger partial charge on any atom is 0.271 e. The van der Waals surface area contributed by atoms with E-state index in [0.29, 0.717) is 5.82 Å². The number of hydrogen-bond donors (Lipinski definition) is 2. The molecule has 3 N–H and O–H groups in total. The van der Waals surface area contributed by atoms with Crippen molar-refractivity contribution in [2.45, 2.75) is 19.4 Å². The molecule has 0 aromatic carbocycles. The Morgan fingerprint density at radius 2 is 2.33 bits per heavy atom. The molecule has 0 bridgehead atoms. The van der Waals surface area contributed by atoms with Gasteiger partial charge in [-0.2, -0.15) is 0 Å². The van der Waals surface area contributed by atoms with Gasteiger partial charge in [-0.1, -0.05) is 6.07 Å². The summed E-state index contributed by atoms with van der Waals surface area (Å²) in [7, 11) is 0. The number of rotatable bonds is 4. The van der Waals surface area contributed by atoms with Crippen LogP contribution in [0.5, 0.6) is 0 Å². The first-order valence-corrected chi connectivity index (χ1v) is 6.44. The van der Waals surface area contributed by atoms with E-state index in [9.17, 15) is 4.79 Å². The van der Waals surface area contributed by atoms with Crippen LogP contribution in [0, 0.1) is 0 Å². The van der Waals surface area contributed by atoms with Crippen LogP contribution in [0.25, 0.3) is 0 Å². The van der Waals surface area contributed by atoms with Crippen LogP contribution in [0.1, 0.15) is 22.3 Å². The number of carbonyl (C=O) groups is 1. The molecule has 0 saturated heterocycles. The second-order valence-electron chi connectivity index (χ2n) is 3.98. The van der Waals surface area contributed by atoms with Gasteiger partial charge in [0.25, 0.3) is 5.91 Å². The highest BCUT2D eigenvalue weighted by Crippen LogP contribution is 2.11. The summed E-state index contributed by atoms with van der Waals surface area (Å²) in [5, 5.41) is 4.90. The smallest absolute Gasteiger partial charge is 0.271 e. The van der Waals surface area contributed by atoms with Gasteiger partial charge in [0.2, 0.25) is 0 Å². The summed E-state index contributed by atoms with van der Waals surface area (Å²) in [4.78, 5) is 20.9. The lowest BCUT2D eigenvalue weighted by atomic mass is 10.2. The SMILES string of the molecule is CC(Cc1cccs1)NC(=O)c1cnc(N)cn1. The number of nitrogens with two attached hydrogens (primary N) is 1. The summed E-state index contributed by atoms with van der Waals surface area (Å²) < 4.78 is 0. The quantitative estimate of drug-likeness (QED) is 0.874. The summed E-state index contributed by atoms with van der Waals surface area (Å²) in [5.74, 6) is 0.0738. The average Bonchev–Trinajstić information content (AvgIpc) is 2.82. The largest absolute Gasteiger partial charge is 0.382 e. The highest BCUT2D eigenvalue weighted by atomic mass is 32.1. The average molecular weight is 262 g/mol. The van der Waals surface area contributed by atoms with Gasteiger partial charge in [-0.05, 0) is 18.4 Å². The second-order valence-corrected chi connectivity index (χ2v) is 5.02. The third-order valence-electron chi connectivity index (χ3n) is 2.37. The summed E-state index contributed by atoms with van der Waals surface area (Å²) in [6, 6.07) is 4.10. The van der Waals surface area contributed by atoms with Crippen molar-refractivity contribution in [3.05, 3.63) is 40.5 Å². The van der Waals surface area contributed by atoms with Gasteiger partial charge in [-0.25, -0.2) is 9.97 Å². The fourth-order valence-electron chi connectivity index (χ4n) is 1.53. The first-order chi connectivity index (χ1) is 8.65. The zero-order valence-corrected chi connectivity index (χ0v) is 10.8. The van der Waals surface area contributed by atoms with Crippen LogP contribution in [0.4, 0.5) is 5.82 Å². The van der Waals surface area contributed by atoms with E-state index in [1.54, 1.807) is 11.3 Å². The van der Waals surface area contributed by atoms with E-state index in [1.807, 2.05) is 18.4 Å². The van der Waals surface area contributed by atoms with Crippen LogP contribution in [0.15, 0.2) is 29.9 Å². The zero-order chi connectivity index (χ0) is 13.0. The van der Waals surface area contributed by atoms with Gasteiger partial charge in [0, 0.05) is 17.3 Å². The molecule has 0 aliphatic heterocycles. The molecule has 1 unspecified atom stereocenters. The van der Waals surface area contributed by atoms with Crippen molar-refractivity contribution in [1.82, 2.24) is 15.3 Å². The van der Waals surface area contributed by atoms with E-state index in [-0.39, 0.29) is 17.6 Å². The third kappa shape index (κ3) is 3.27. The summed E-state index contributed by atoms with van der Waals surface area (Å²) in [6.45, 7) is 1.96. The van der Waals surface area contributed by atoms with Gasteiger partial charge in [0.15, 0.2) is 0 Å². The number of nitrogens with one attached hydrogen (secondary N) is 1. The minimum absolute atomic E-state index is 0.0514. The van der Waals surface area contributed by atoms with E-state index >= 15 is 0 Å². The van der Waals surface area contributed by atoms with Crippen molar-refractivity contribution in [1.29, 1.82) is 0 Å². The summed E-state index contributed by atoms with van der Waals surface area (Å²) in [6.07, 6.45) is 3.56. The number of carbonyl (C=O) groups excluding carboxylic acids is 1. The lowest BCUT2D eigenvalue weighted by molar-refractivity contribution is 0.0935. The number of anilines is 1. The number of hydrogen-bond acceptors (Lipinski definition) is 5. The zero-order valence-electron chi connectivity index (χ0n) is 9.96. The van der Waals surface area contributed by atoms with Crippen LogP contribution >= 0.6 is 11.3 Å². The highest BCUT2D eigenvalue weighted by Gasteiger charge is 2.12. The van der Waals surface area contributed by atoms with E-state index < -0.39 is 0 Å². The maximum absolute atomic E-state index is 11.8. The molecular weight excluding hydrogens is 248 g/mol. The fraction of sp³-hybridized carbons (Fsp3) is 0.250. The van der Waals surface area contributed by atoms with E-state index in [4.69, 9.17) is 5.73 Å². The molecule has 0 radical (unpaired) electrons. The first-order valence-electron chi connectivity index (χ1n) is 5.56. The van der Waals surface area contributed by atoms with Crippen molar-refractivity contribution in [3.63, 3.8) is 0 Å². The van der Waals surface area contributed by atoms with Gasteiger partial charge in [0.1, 0.15) is 11.5 Å². The van der Waals surface area contributed by atoms with E-state index in [1.165, 1.54) is 17.3 Å². The predicted molar refractivity (Wildman–Crippen MR) is 71.4 cm³/mol. The van der Waals surface area contributed by atoms with Crippen molar-refractivity contribution in [2.24, 2.45) is 0 Å². The van der Waals surface area contributed by atoms with Crippen LogP contribution in [-0.4, -0.2) is 21.9 Å². The van der Waals surface area contributed by atoms with Crippen LogP contribution in [-0.2, 0) is 6.42 Å². The van der Waals surface area contributed by atoms with Crippen LogP contribution in [0.2, 0.25) is 0 Å². The number of thiophene rings is 1. The Morgan fingerprint density at radius 1 is 1.50 bits per heavy atom. The van der Waals surface area contributed by atoms with E-state index in [0.717, 1.165) is 6.42 Å². The lowest BCUT2D eigenvalue weighted by Gasteiger charge is -2.12. The molecular formula is C12H14N4OS. The normalized spacial score (nSPS) is 12.1. The molecule has 6 heteroatoms. The summed E-state index contributed by atoms with van der Waals surface area (Å²) in [5.41, 5.74) is 5.69. The molecule has 0 fully saturated rings. The van der Waals surface area contributed by atoms with Crippen molar-refractivity contribution in [3.8, 4) is 0 Å². The van der Waals surface area contributed by atoms with Crippen molar-refractivity contribution in [2.75, 3.05) is 5.73 Å². The standard InChI is InChI=1S/C12H14N4OS/c1-8(5-9-3-2-4-18-9)16-12(17)10-6-15-11(13)7-14-10/h2-4,6-8H,5H2,1H3,(H2,13,15)(H,16,17). The van der Waals surface area contributed by atoms with Gasteiger partial charge in [-0.3, -0.25) is 4.79 Å². The first kappa shape index (κ1) is 12.5. The topological polar surface area (TPSA) is 80.9 Å². The minimum Gasteiger partial charge on any atom is -0.382 e. The Kier molecular flexibility index (Phi) is 3.88. The van der Waals surface area contributed by atoms with Gasteiger partial charge < -0.3 is 11.1 Å². The molecule has 94 valence electrons. The number of amides is 1. The molecule has 2 aromatic heterocycles. The molecule has 0 aliphatic rings. The molecule has 0 spiro atoms. The number of nitrogens with zero attached hydrogens (tertiary/aromatic N) is 2. The second kappa shape index (κ2) is 5.59. The fourth-order valence-corrected chi connectivity index (χ4v) is 2.37. The predicted octanol–water partition coefficient (Wildman–Crippen LogP) is 1.48. The Balaban J connectivity index is 1.92. The Hall–Kier alpha value is -1.95. The van der Waals surface area contributed by atoms with Gasteiger partial charge in [0.05, 0.1) is 12.4 Å². The van der Waals surface area contributed by atoms with E-state index in [2.05, 4.69) is 21.4 Å². The lowest BCUT2D eigenvalue weighted by Crippen LogP contribution is -2.34. The summed E-state index contributed by atoms with van der Waals surface area (Å²) >= 11 is 1.68. The minimum atomic E-state index is -0.230. The number of nitrogen functional groups attached to an aromatic ring is 1.